The molecule has 1 heterocycles. The Hall–Kier alpha value is -0.640. The van der Waals surface area contributed by atoms with Crippen LogP contribution in [-0.4, -0.2) is 15.6 Å². The lowest BCUT2D eigenvalue weighted by Crippen LogP contribution is -2.27. The molecule has 20 heavy (non-hydrogen) atoms. The lowest BCUT2D eigenvalue weighted by molar-refractivity contribution is -0.125. The minimum atomic E-state index is 0.191. The Kier molecular flexibility index (Phi) is 5.42. The van der Waals surface area contributed by atoms with Gasteiger partial charge in [-0.3, -0.25) is 9.48 Å². The van der Waals surface area contributed by atoms with Gasteiger partial charge >= 0.3 is 0 Å². The molecule has 1 aliphatic rings. The van der Waals surface area contributed by atoms with Gasteiger partial charge in [0.05, 0.1) is 15.9 Å². The third-order valence-electron chi connectivity index (χ3n) is 4.51. The number of halogens is 1. The normalized spacial score (nSPS) is 23.3. The Morgan fingerprint density at radius 1 is 1.40 bits per heavy atom. The predicted octanol–water partition coefficient (Wildman–Crippen LogP) is 4.07. The molecule has 0 spiro atoms. The van der Waals surface area contributed by atoms with E-state index in [1.807, 2.05) is 11.7 Å². The Bertz CT molecular complexity index is 481. The number of carbonyl (C=O) groups excluding carboxylic acids is 1. The topological polar surface area (TPSA) is 34.9 Å². The Labute approximate surface area is 130 Å². The van der Waals surface area contributed by atoms with Gasteiger partial charge in [-0.25, -0.2) is 0 Å². The van der Waals surface area contributed by atoms with Crippen molar-refractivity contribution in [1.29, 1.82) is 0 Å². The average Bonchev–Trinajstić information content (AvgIpc) is 2.70. The quantitative estimate of drug-likeness (QED) is 0.809. The van der Waals surface area contributed by atoms with E-state index in [9.17, 15) is 4.79 Å². The molecule has 4 heteroatoms. The van der Waals surface area contributed by atoms with Crippen molar-refractivity contribution >= 4 is 21.7 Å². The molecular weight excluding hydrogens is 316 g/mol. The van der Waals surface area contributed by atoms with Crippen LogP contribution in [0.1, 0.15) is 57.3 Å². The minimum absolute atomic E-state index is 0.191. The van der Waals surface area contributed by atoms with Crippen LogP contribution in [0.25, 0.3) is 0 Å². The van der Waals surface area contributed by atoms with Crippen LogP contribution in [0.2, 0.25) is 0 Å². The first-order valence-corrected chi connectivity index (χ1v) is 8.59. The van der Waals surface area contributed by atoms with Crippen LogP contribution in [0.15, 0.2) is 4.47 Å². The van der Waals surface area contributed by atoms with Gasteiger partial charge in [0.15, 0.2) is 0 Å². The summed E-state index contributed by atoms with van der Waals surface area (Å²) >= 11 is 3.66. The number of hydrogen-bond donors (Lipinski definition) is 0. The lowest BCUT2D eigenvalue weighted by atomic mass is 9.77. The molecule has 2 rings (SSSR count). The van der Waals surface area contributed by atoms with Crippen LogP contribution in [0.3, 0.4) is 0 Å². The van der Waals surface area contributed by atoms with E-state index in [4.69, 9.17) is 0 Å². The van der Waals surface area contributed by atoms with Crippen molar-refractivity contribution in [2.75, 3.05) is 0 Å². The van der Waals surface area contributed by atoms with Crippen LogP contribution < -0.4 is 0 Å². The number of ketones is 1. The highest BCUT2D eigenvalue weighted by Gasteiger charge is 2.30. The zero-order chi connectivity index (χ0) is 14.7. The molecular formula is C16H25BrN2O. The molecule has 1 saturated carbocycles. The van der Waals surface area contributed by atoms with Crippen molar-refractivity contribution in [3.05, 3.63) is 15.9 Å². The Morgan fingerprint density at radius 2 is 2.15 bits per heavy atom. The highest BCUT2D eigenvalue weighted by molar-refractivity contribution is 9.10. The summed E-state index contributed by atoms with van der Waals surface area (Å²) in [6.07, 6.45) is 7.17. The van der Waals surface area contributed by atoms with Gasteiger partial charge in [0.1, 0.15) is 5.78 Å². The summed E-state index contributed by atoms with van der Waals surface area (Å²) in [4.78, 5) is 12.2. The molecule has 0 saturated heterocycles. The second kappa shape index (κ2) is 6.88. The molecule has 3 nitrogen and oxygen atoms in total. The van der Waals surface area contributed by atoms with Crippen LogP contribution >= 0.6 is 15.9 Å². The van der Waals surface area contributed by atoms with E-state index >= 15 is 0 Å². The summed E-state index contributed by atoms with van der Waals surface area (Å²) in [5.41, 5.74) is 2.27. The van der Waals surface area contributed by atoms with Crippen LogP contribution in [0.5, 0.6) is 0 Å². The molecule has 1 fully saturated rings. The SMILES string of the molecule is CCCC1CCC(=O)C(Cc2c(Br)c(CC)nn2C)C1. The van der Waals surface area contributed by atoms with Gasteiger partial charge in [0, 0.05) is 25.8 Å². The maximum absolute atomic E-state index is 12.2. The van der Waals surface area contributed by atoms with Gasteiger partial charge in [0.25, 0.3) is 0 Å². The van der Waals surface area contributed by atoms with E-state index < -0.39 is 0 Å². The smallest absolute Gasteiger partial charge is 0.136 e. The van der Waals surface area contributed by atoms with Gasteiger partial charge in [0.2, 0.25) is 0 Å². The van der Waals surface area contributed by atoms with E-state index in [2.05, 4.69) is 34.9 Å². The summed E-state index contributed by atoms with van der Waals surface area (Å²) in [5, 5.41) is 4.53. The second-order valence-corrected chi connectivity index (χ2v) is 6.77. The van der Waals surface area contributed by atoms with Gasteiger partial charge < -0.3 is 0 Å². The summed E-state index contributed by atoms with van der Waals surface area (Å²) in [6, 6.07) is 0. The molecule has 0 aromatic carbocycles. The first kappa shape index (κ1) is 15.7. The Balaban J connectivity index is 2.11. The van der Waals surface area contributed by atoms with Crippen molar-refractivity contribution in [2.45, 2.75) is 58.8 Å². The summed E-state index contributed by atoms with van der Waals surface area (Å²) < 4.78 is 3.05. The molecule has 1 aromatic rings. The molecule has 1 aliphatic carbocycles. The maximum atomic E-state index is 12.2. The molecule has 0 aliphatic heterocycles. The number of aryl methyl sites for hydroxylation is 2. The van der Waals surface area contributed by atoms with Gasteiger partial charge in [-0.2, -0.15) is 5.10 Å². The number of rotatable bonds is 5. The summed E-state index contributed by atoms with van der Waals surface area (Å²) in [5.74, 6) is 1.38. The second-order valence-electron chi connectivity index (χ2n) is 5.98. The van der Waals surface area contributed by atoms with Crippen molar-refractivity contribution in [2.24, 2.45) is 18.9 Å². The first-order chi connectivity index (χ1) is 9.56. The largest absolute Gasteiger partial charge is 0.299 e. The number of carbonyl (C=O) groups is 1. The van der Waals surface area contributed by atoms with Crippen molar-refractivity contribution in [1.82, 2.24) is 9.78 Å². The van der Waals surface area contributed by atoms with Gasteiger partial charge in [-0.05, 0) is 41.1 Å². The van der Waals surface area contributed by atoms with E-state index in [0.717, 1.165) is 48.2 Å². The third kappa shape index (κ3) is 3.33. The standard InChI is InChI=1S/C16H25BrN2O/c1-4-6-11-7-8-15(20)12(9-11)10-14-16(17)13(5-2)18-19(14)3/h11-12H,4-10H2,1-3H3. The average molecular weight is 341 g/mol. The van der Waals surface area contributed by atoms with Crippen molar-refractivity contribution < 1.29 is 4.79 Å². The van der Waals surface area contributed by atoms with E-state index in [1.54, 1.807) is 0 Å². The molecule has 0 radical (unpaired) electrons. The maximum Gasteiger partial charge on any atom is 0.136 e. The fraction of sp³-hybridized carbons (Fsp3) is 0.750. The van der Waals surface area contributed by atoms with Crippen LogP contribution in [0, 0.1) is 11.8 Å². The number of hydrogen-bond acceptors (Lipinski definition) is 2. The fourth-order valence-corrected chi connectivity index (χ4v) is 4.12. The number of Topliss-reactive ketones (excluding diaryl/α,β-unsaturated/α-hetero) is 1. The van der Waals surface area contributed by atoms with E-state index in [1.165, 1.54) is 18.5 Å². The van der Waals surface area contributed by atoms with Crippen LogP contribution in [-0.2, 0) is 24.7 Å². The number of aromatic nitrogens is 2. The number of nitrogens with zero attached hydrogens (tertiary/aromatic N) is 2. The molecule has 2 unspecified atom stereocenters. The highest BCUT2D eigenvalue weighted by atomic mass is 79.9. The fourth-order valence-electron chi connectivity index (χ4n) is 3.34. The van der Waals surface area contributed by atoms with Crippen molar-refractivity contribution in [3.63, 3.8) is 0 Å². The van der Waals surface area contributed by atoms with Gasteiger partial charge in [-0.1, -0.05) is 26.7 Å². The van der Waals surface area contributed by atoms with E-state index in [0.29, 0.717) is 5.78 Å². The molecule has 1 aromatic heterocycles. The zero-order valence-corrected chi connectivity index (χ0v) is 14.4. The monoisotopic (exact) mass is 340 g/mol. The molecule has 0 N–H and O–H groups in total. The zero-order valence-electron chi connectivity index (χ0n) is 12.8. The molecule has 112 valence electrons. The third-order valence-corrected chi connectivity index (χ3v) is 5.43. The van der Waals surface area contributed by atoms with E-state index in [-0.39, 0.29) is 5.92 Å². The van der Waals surface area contributed by atoms with Crippen LogP contribution in [0.4, 0.5) is 0 Å². The summed E-state index contributed by atoms with van der Waals surface area (Å²) in [6.45, 7) is 4.34. The first-order valence-electron chi connectivity index (χ1n) is 7.79. The molecule has 2 atom stereocenters. The van der Waals surface area contributed by atoms with Gasteiger partial charge in [-0.15, -0.1) is 0 Å². The minimum Gasteiger partial charge on any atom is -0.299 e. The summed E-state index contributed by atoms with van der Waals surface area (Å²) in [7, 11) is 1.98. The lowest BCUT2D eigenvalue weighted by Gasteiger charge is -2.28. The Morgan fingerprint density at radius 3 is 2.75 bits per heavy atom. The molecule has 0 bridgehead atoms. The van der Waals surface area contributed by atoms with Crippen molar-refractivity contribution in [3.8, 4) is 0 Å². The highest BCUT2D eigenvalue weighted by Crippen LogP contribution is 2.33. The molecule has 0 amide bonds. The predicted molar refractivity (Wildman–Crippen MR) is 84.7 cm³/mol.